The summed E-state index contributed by atoms with van der Waals surface area (Å²) < 4.78 is 39.3. The number of nitrogens with one attached hydrogen (secondary N) is 1. The lowest BCUT2D eigenvalue weighted by Gasteiger charge is -2.18. The van der Waals surface area contributed by atoms with Crippen LogP contribution >= 0.6 is 0 Å². The van der Waals surface area contributed by atoms with Crippen molar-refractivity contribution in [1.82, 2.24) is 4.72 Å². The first-order valence-electron chi connectivity index (χ1n) is 11.0. The van der Waals surface area contributed by atoms with Crippen LogP contribution in [0.5, 0.6) is 5.75 Å². The lowest BCUT2D eigenvalue weighted by molar-refractivity contribution is -0.136. The van der Waals surface area contributed by atoms with Gasteiger partial charge in [-0.1, -0.05) is 44.4 Å². The highest BCUT2D eigenvalue weighted by atomic mass is 32.2. The highest BCUT2D eigenvalue weighted by Crippen LogP contribution is 2.31. The Morgan fingerprint density at radius 3 is 2.36 bits per heavy atom. The summed E-state index contributed by atoms with van der Waals surface area (Å²) in [6, 6.07) is 10.1. The van der Waals surface area contributed by atoms with Gasteiger partial charge in [0.05, 0.1) is 10.3 Å². The van der Waals surface area contributed by atoms with E-state index in [2.05, 4.69) is 4.72 Å². The van der Waals surface area contributed by atoms with Crippen LogP contribution in [0, 0.1) is 13.8 Å². The molecule has 1 heterocycles. The van der Waals surface area contributed by atoms with E-state index in [1.54, 1.807) is 31.2 Å². The fourth-order valence-corrected chi connectivity index (χ4v) is 4.90. The molecule has 0 fully saturated rings. The van der Waals surface area contributed by atoms with Gasteiger partial charge < -0.3 is 9.15 Å². The van der Waals surface area contributed by atoms with Crippen LogP contribution < -0.4 is 15.1 Å². The number of carbonyl (C=O) groups is 1. The summed E-state index contributed by atoms with van der Waals surface area (Å²) in [7, 11) is -3.92. The molecule has 0 aliphatic rings. The molecule has 1 aromatic heterocycles. The smallest absolute Gasteiger partial charge is 0.336 e. The van der Waals surface area contributed by atoms with Gasteiger partial charge in [-0.25, -0.2) is 18.0 Å². The minimum atomic E-state index is -3.92. The SMILES string of the molecule is CCCc1cc(=O)oc2cc(C)cc(OC(=O)[C@@H](CCC)NS(=O)(=O)c3ccc(C)cc3)c12. The van der Waals surface area contributed by atoms with Crippen LogP contribution in [0.4, 0.5) is 0 Å². The monoisotopic (exact) mass is 471 g/mol. The van der Waals surface area contributed by atoms with Gasteiger partial charge in [-0.3, -0.25) is 0 Å². The zero-order valence-electron chi connectivity index (χ0n) is 19.3. The molecule has 8 heteroatoms. The third-order valence-corrected chi connectivity index (χ3v) is 6.74. The van der Waals surface area contributed by atoms with E-state index in [1.807, 2.05) is 20.8 Å². The molecule has 7 nitrogen and oxygen atoms in total. The van der Waals surface area contributed by atoms with Crippen molar-refractivity contribution in [3.8, 4) is 5.75 Å². The van der Waals surface area contributed by atoms with Crippen LogP contribution in [0.25, 0.3) is 11.0 Å². The Bertz CT molecular complexity index is 1310. The number of fused-ring (bicyclic) bond motifs is 1. The van der Waals surface area contributed by atoms with E-state index in [4.69, 9.17) is 9.15 Å². The van der Waals surface area contributed by atoms with Gasteiger partial charge in [0, 0.05) is 6.07 Å². The summed E-state index contributed by atoms with van der Waals surface area (Å²) in [6.45, 7) is 7.50. The third kappa shape index (κ3) is 5.89. The highest BCUT2D eigenvalue weighted by molar-refractivity contribution is 7.89. The molecule has 3 aromatic rings. The predicted molar refractivity (Wildman–Crippen MR) is 127 cm³/mol. The Labute approximate surface area is 193 Å². The minimum absolute atomic E-state index is 0.0787. The predicted octanol–water partition coefficient (Wildman–Crippen LogP) is 4.41. The first kappa shape index (κ1) is 24.7. The van der Waals surface area contributed by atoms with E-state index < -0.39 is 27.7 Å². The molecule has 0 amide bonds. The van der Waals surface area contributed by atoms with Gasteiger partial charge in [0.25, 0.3) is 0 Å². The number of aryl methyl sites for hydroxylation is 3. The number of benzene rings is 2. The first-order valence-corrected chi connectivity index (χ1v) is 12.5. The summed E-state index contributed by atoms with van der Waals surface area (Å²) in [5.41, 5.74) is 2.26. The van der Waals surface area contributed by atoms with E-state index in [0.29, 0.717) is 23.8 Å². The van der Waals surface area contributed by atoms with Crippen molar-refractivity contribution in [1.29, 1.82) is 0 Å². The second kappa shape index (κ2) is 10.3. The Morgan fingerprint density at radius 2 is 1.73 bits per heavy atom. The number of ether oxygens (including phenoxy) is 1. The van der Waals surface area contributed by atoms with Crippen LogP contribution in [-0.4, -0.2) is 20.4 Å². The fourth-order valence-electron chi connectivity index (χ4n) is 3.68. The molecule has 2 aromatic carbocycles. The van der Waals surface area contributed by atoms with Crippen molar-refractivity contribution < 1.29 is 22.4 Å². The van der Waals surface area contributed by atoms with E-state index in [0.717, 1.165) is 23.1 Å². The number of carbonyl (C=O) groups excluding carboxylic acids is 1. The number of esters is 1. The maximum Gasteiger partial charge on any atom is 0.336 e. The summed E-state index contributed by atoms with van der Waals surface area (Å²) in [6.07, 6.45) is 2.23. The van der Waals surface area contributed by atoms with E-state index in [1.165, 1.54) is 18.2 Å². The zero-order chi connectivity index (χ0) is 24.2. The number of rotatable bonds is 9. The van der Waals surface area contributed by atoms with Crippen LogP contribution in [0.3, 0.4) is 0 Å². The van der Waals surface area contributed by atoms with Gasteiger partial charge in [-0.05, 0) is 62.1 Å². The van der Waals surface area contributed by atoms with Gasteiger partial charge in [0.15, 0.2) is 0 Å². The van der Waals surface area contributed by atoms with E-state index in [-0.39, 0.29) is 17.1 Å². The first-order chi connectivity index (χ1) is 15.6. The average molecular weight is 472 g/mol. The fraction of sp³-hybridized carbons (Fsp3) is 0.360. The van der Waals surface area contributed by atoms with Gasteiger partial charge in [-0.15, -0.1) is 0 Å². The molecule has 0 bridgehead atoms. The molecule has 3 rings (SSSR count). The molecular weight excluding hydrogens is 442 g/mol. The van der Waals surface area contributed by atoms with Crippen LogP contribution in [-0.2, 0) is 21.2 Å². The molecule has 1 N–H and O–H groups in total. The van der Waals surface area contributed by atoms with Crippen molar-refractivity contribution in [2.75, 3.05) is 0 Å². The highest BCUT2D eigenvalue weighted by Gasteiger charge is 2.27. The van der Waals surface area contributed by atoms with Crippen molar-refractivity contribution in [2.24, 2.45) is 0 Å². The van der Waals surface area contributed by atoms with Gasteiger partial charge in [0.2, 0.25) is 10.0 Å². The zero-order valence-corrected chi connectivity index (χ0v) is 20.1. The molecule has 0 radical (unpaired) electrons. The topological polar surface area (TPSA) is 103 Å². The van der Waals surface area contributed by atoms with Crippen molar-refractivity contribution in [3.05, 3.63) is 69.6 Å². The Hall–Kier alpha value is -2.97. The average Bonchev–Trinajstić information content (AvgIpc) is 2.73. The summed E-state index contributed by atoms with van der Waals surface area (Å²) in [5.74, 6) is -0.467. The second-order valence-electron chi connectivity index (χ2n) is 8.17. The lowest BCUT2D eigenvalue weighted by Crippen LogP contribution is -2.42. The minimum Gasteiger partial charge on any atom is -0.425 e. The second-order valence-corrected chi connectivity index (χ2v) is 9.89. The Morgan fingerprint density at radius 1 is 1.03 bits per heavy atom. The molecule has 0 unspecified atom stereocenters. The van der Waals surface area contributed by atoms with E-state index in [9.17, 15) is 18.0 Å². The van der Waals surface area contributed by atoms with Crippen LogP contribution in [0.15, 0.2) is 56.6 Å². The maximum atomic E-state index is 13.1. The molecule has 0 aliphatic carbocycles. The molecule has 1 atom stereocenters. The molecule has 0 saturated heterocycles. The molecule has 0 aliphatic heterocycles. The van der Waals surface area contributed by atoms with Crippen LogP contribution in [0.1, 0.15) is 49.8 Å². The molecule has 33 heavy (non-hydrogen) atoms. The Kier molecular flexibility index (Phi) is 7.71. The standard InChI is InChI=1S/C25H29NO6S/c1-5-7-18-15-23(27)31-21-13-17(4)14-22(24(18)21)32-25(28)20(8-6-2)26-33(29,30)19-11-9-16(3)10-12-19/h9-15,20,26H,5-8H2,1-4H3/t20-/m1/s1. The molecule has 176 valence electrons. The molecule has 0 spiro atoms. The van der Waals surface area contributed by atoms with Crippen molar-refractivity contribution in [3.63, 3.8) is 0 Å². The third-order valence-electron chi connectivity index (χ3n) is 5.25. The largest absolute Gasteiger partial charge is 0.425 e. The number of hydrogen-bond donors (Lipinski definition) is 1. The van der Waals surface area contributed by atoms with E-state index >= 15 is 0 Å². The van der Waals surface area contributed by atoms with Crippen molar-refractivity contribution >= 4 is 27.0 Å². The quantitative estimate of drug-likeness (QED) is 0.282. The normalized spacial score (nSPS) is 12.6. The van der Waals surface area contributed by atoms with Crippen LogP contribution in [0.2, 0.25) is 0 Å². The Balaban J connectivity index is 1.96. The summed E-state index contributed by atoms with van der Waals surface area (Å²) in [5, 5.41) is 0.548. The lowest BCUT2D eigenvalue weighted by atomic mass is 10.0. The number of hydrogen-bond acceptors (Lipinski definition) is 6. The van der Waals surface area contributed by atoms with Gasteiger partial charge >= 0.3 is 11.6 Å². The van der Waals surface area contributed by atoms with Gasteiger partial charge in [-0.2, -0.15) is 4.72 Å². The summed E-state index contributed by atoms with van der Waals surface area (Å²) in [4.78, 5) is 25.2. The molecular formula is C25H29NO6S. The summed E-state index contributed by atoms with van der Waals surface area (Å²) >= 11 is 0. The number of sulfonamides is 1. The van der Waals surface area contributed by atoms with Gasteiger partial charge in [0.1, 0.15) is 17.4 Å². The molecule has 0 saturated carbocycles. The van der Waals surface area contributed by atoms with Crippen molar-refractivity contribution in [2.45, 2.75) is 64.3 Å². The maximum absolute atomic E-state index is 13.1.